The highest BCUT2D eigenvalue weighted by Gasteiger charge is 2.27. The lowest BCUT2D eigenvalue weighted by molar-refractivity contribution is -0.143. The van der Waals surface area contributed by atoms with Gasteiger partial charge < -0.3 is 15.7 Å². The second-order valence-electron chi connectivity index (χ2n) is 5.71. The maximum atomic E-state index is 11.9. The largest absolute Gasteiger partial charge is 0.481 e. The van der Waals surface area contributed by atoms with Crippen molar-refractivity contribution in [3.05, 3.63) is 35.4 Å². The van der Waals surface area contributed by atoms with Crippen LogP contribution in [0.15, 0.2) is 24.3 Å². The first-order chi connectivity index (χ1) is 10.0. The molecule has 1 aromatic carbocycles. The van der Waals surface area contributed by atoms with Crippen molar-refractivity contribution in [3.8, 4) is 0 Å². The third-order valence-corrected chi connectivity index (χ3v) is 3.89. The van der Waals surface area contributed by atoms with Gasteiger partial charge in [0.1, 0.15) is 0 Å². The van der Waals surface area contributed by atoms with Crippen molar-refractivity contribution >= 4 is 12.0 Å². The van der Waals surface area contributed by atoms with Crippen LogP contribution in [0.5, 0.6) is 0 Å². The maximum Gasteiger partial charge on any atom is 0.315 e. The molecule has 0 bridgehead atoms. The van der Waals surface area contributed by atoms with E-state index in [1.54, 1.807) is 0 Å². The zero-order chi connectivity index (χ0) is 15.2. The number of amides is 2. The van der Waals surface area contributed by atoms with E-state index in [9.17, 15) is 9.59 Å². The van der Waals surface area contributed by atoms with Gasteiger partial charge >= 0.3 is 12.0 Å². The van der Waals surface area contributed by atoms with Crippen molar-refractivity contribution in [3.63, 3.8) is 0 Å². The molecule has 1 aliphatic carbocycles. The molecule has 1 saturated carbocycles. The molecule has 1 aromatic rings. The second kappa shape index (κ2) is 7.11. The zero-order valence-corrected chi connectivity index (χ0v) is 12.3. The quantitative estimate of drug-likeness (QED) is 0.797. The van der Waals surface area contributed by atoms with E-state index in [0.717, 1.165) is 24.0 Å². The summed E-state index contributed by atoms with van der Waals surface area (Å²) < 4.78 is 0. The number of rotatable bonds is 4. The summed E-state index contributed by atoms with van der Waals surface area (Å²) in [5.74, 6) is -1.09. The number of benzene rings is 1. The molecule has 5 nitrogen and oxygen atoms in total. The summed E-state index contributed by atoms with van der Waals surface area (Å²) in [5.41, 5.74) is 2.21. The molecule has 0 spiro atoms. The highest BCUT2D eigenvalue weighted by molar-refractivity contribution is 5.74. The van der Waals surface area contributed by atoms with Gasteiger partial charge in [0.05, 0.1) is 5.92 Å². The number of carbonyl (C=O) groups excluding carboxylic acids is 1. The molecule has 0 heterocycles. The fourth-order valence-corrected chi connectivity index (χ4v) is 2.79. The van der Waals surface area contributed by atoms with Crippen molar-refractivity contribution in [2.75, 3.05) is 0 Å². The topological polar surface area (TPSA) is 78.4 Å². The van der Waals surface area contributed by atoms with E-state index in [2.05, 4.69) is 10.6 Å². The van der Waals surface area contributed by atoms with E-state index < -0.39 is 5.97 Å². The Morgan fingerprint density at radius 2 is 2.14 bits per heavy atom. The lowest BCUT2D eigenvalue weighted by Gasteiger charge is -2.27. The summed E-state index contributed by atoms with van der Waals surface area (Å²) in [7, 11) is 0. The van der Waals surface area contributed by atoms with Gasteiger partial charge in [0.15, 0.2) is 0 Å². The van der Waals surface area contributed by atoms with Crippen LogP contribution in [0.3, 0.4) is 0 Å². The first-order valence-electron chi connectivity index (χ1n) is 7.37. The van der Waals surface area contributed by atoms with Crippen LogP contribution < -0.4 is 10.6 Å². The molecule has 2 amide bonds. The first-order valence-corrected chi connectivity index (χ1v) is 7.37. The van der Waals surface area contributed by atoms with Gasteiger partial charge in [-0.1, -0.05) is 36.2 Å². The van der Waals surface area contributed by atoms with Crippen LogP contribution in [0.4, 0.5) is 4.79 Å². The highest BCUT2D eigenvalue weighted by atomic mass is 16.4. The van der Waals surface area contributed by atoms with Crippen molar-refractivity contribution in [1.29, 1.82) is 0 Å². The highest BCUT2D eigenvalue weighted by Crippen LogP contribution is 2.24. The SMILES string of the molecule is Cc1cccc(CNC(=O)NC2CCCC(C(=O)O)C2)c1. The summed E-state index contributed by atoms with van der Waals surface area (Å²) in [6.07, 6.45) is 2.92. The van der Waals surface area contributed by atoms with Gasteiger partial charge in [-0.25, -0.2) is 4.79 Å². The minimum absolute atomic E-state index is 0.0441. The van der Waals surface area contributed by atoms with Crippen LogP contribution in [0.2, 0.25) is 0 Å². The Hall–Kier alpha value is -2.04. The van der Waals surface area contributed by atoms with E-state index >= 15 is 0 Å². The van der Waals surface area contributed by atoms with E-state index in [1.165, 1.54) is 0 Å². The fraction of sp³-hybridized carbons (Fsp3) is 0.500. The van der Waals surface area contributed by atoms with Gasteiger partial charge in [-0.2, -0.15) is 0 Å². The standard InChI is InChI=1S/C16H22N2O3/c1-11-4-2-5-12(8-11)10-17-16(21)18-14-7-3-6-13(9-14)15(19)20/h2,4-5,8,13-14H,3,6-7,9-10H2,1H3,(H,19,20)(H2,17,18,21). The number of hydrogen-bond acceptors (Lipinski definition) is 2. The number of hydrogen-bond donors (Lipinski definition) is 3. The predicted octanol–water partition coefficient (Wildman–Crippen LogP) is 2.44. The number of carbonyl (C=O) groups is 2. The fourth-order valence-electron chi connectivity index (χ4n) is 2.79. The van der Waals surface area contributed by atoms with Crippen LogP contribution in [0.1, 0.15) is 36.8 Å². The zero-order valence-electron chi connectivity index (χ0n) is 12.3. The smallest absolute Gasteiger partial charge is 0.315 e. The van der Waals surface area contributed by atoms with Crippen LogP contribution >= 0.6 is 0 Å². The number of carboxylic acids is 1. The lowest BCUT2D eigenvalue weighted by atomic mass is 9.86. The van der Waals surface area contributed by atoms with Crippen LogP contribution in [0.25, 0.3) is 0 Å². The normalized spacial score (nSPS) is 21.6. The summed E-state index contributed by atoms with van der Waals surface area (Å²) >= 11 is 0. The van der Waals surface area contributed by atoms with E-state index in [4.69, 9.17) is 5.11 Å². The van der Waals surface area contributed by atoms with Crippen molar-refractivity contribution < 1.29 is 14.7 Å². The molecule has 0 aromatic heterocycles. The molecule has 0 aliphatic heterocycles. The molecular formula is C16H22N2O3. The number of aryl methyl sites for hydroxylation is 1. The Kier molecular flexibility index (Phi) is 5.20. The van der Waals surface area contributed by atoms with Crippen LogP contribution in [-0.4, -0.2) is 23.1 Å². The number of urea groups is 1. The Morgan fingerprint density at radius 3 is 2.86 bits per heavy atom. The van der Waals surface area contributed by atoms with Gasteiger partial charge in [-0.05, 0) is 31.7 Å². The van der Waals surface area contributed by atoms with Gasteiger partial charge in [0.2, 0.25) is 0 Å². The van der Waals surface area contributed by atoms with E-state index in [1.807, 2.05) is 31.2 Å². The maximum absolute atomic E-state index is 11.9. The first kappa shape index (κ1) is 15.4. The minimum atomic E-state index is -0.762. The van der Waals surface area contributed by atoms with E-state index in [-0.39, 0.29) is 18.0 Å². The van der Waals surface area contributed by atoms with Crippen molar-refractivity contribution in [2.24, 2.45) is 5.92 Å². The summed E-state index contributed by atoms with van der Waals surface area (Å²) in [6.45, 7) is 2.49. The molecule has 3 N–H and O–H groups in total. The predicted molar refractivity (Wildman–Crippen MR) is 79.9 cm³/mol. The number of aliphatic carboxylic acids is 1. The van der Waals surface area contributed by atoms with E-state index in [0.29, 0.717) is 19.4 Å². The van der Waals surface area contributed by atoms with Gasteiger partial charge in [0.25, 0.3) is 0 Å². The molecular weight excluding hydrogens is 268 g/mol. The number of nitrogens with one attached hydrogen (secondary N) is 2. The van der Waals surface area contributed by atoms with Gasteiger partial charge in [-0.3, -0.25) is 4.79 Å². The molecule has 114 valence electrons. The van der Waals surface area contributed by atoms with Crippen LogP contribution in [-0.2, 0) is 11.3 Å². The average Bonchev–Trinajstić information content (AvgIpc) is 2.45. The Bertz CT molecular complexity index is 516. The third kappa shape index (κ3) is 4.77. The molecule has 0 radical (unpaired) electrons. The van der Waals surface area contributed by atoms with Crippen molar-refractivity contribution in [1.82, 2.24) is 10.6 Å². The monoisotopic (exact) mass is 290 g/mol. The molecule has 2 rings (SSSR count). The summed E-state index contributed by atoms with van der Waals surface area (Å²) in [6, 6.07) is 7.70. The van der Waals surface area contributed by atoms with Crippen molar-refractivity contribution in [2.45, 2.75) is 45.2 Å². The van der Waals surface area contributed by atoms with Crippen LogP contribution in [0, 0.1) is 12.8 Å². The molecule has 21 heavy (non-hydrogen) atoms. The Labute approximate surface area is 124 Å². The number of carboxylic acid groups (broad SMARTS) is 1. The average molecular weight is 290 g/mol. The summed E-state index contributed by atoms with van der Waals surface area (Å²) in [5, 5.41) is 14.7. The molecule has 1 fully saturated rings. The molecule has 0 saturated heterocycles. The van der Waals surface area contributed by atoms with Gasteiger partial charge in [-0.15, -0.1) is 0 Å². The van der Waals surface area contributed by atoms with Gasteiger partial charge in [0, 0.05) is 12.6 Å². The second-order valence-corrected chi connectivity index (χ2v) is 5.71. The molecule has 2 atom stereocenters. The summed E-state index contributed by atoms with van der Waals surface area (Å²) in [4.78, 5) is 22.9. The molecule has 5 heteroatoms. The Balaban J connectivity index is 1.78. The Morgan fingerprint density at radius 1 is 1.33 bits per heavy atom. The third-order valence-electron chi connectivity index (χ3n) is 3.89. The molecule has 2 unspecified atom stereocenters. The lowest BCUT2D eigenvalue weighted by Crippen LogP contribution is -2.44. The molecule has 1 aliphatic rings. The minimum Gasteiger partial charge on any atom is -0.481 e.